The van der Waals surface area contributed by atoms with Crippen LogP contribution < -0.4 is 19.3 Å². The molecule has 1 aliphatic rings. The number of rotatable bonds is 4. The quantitative estimate of drug-likeness (QED) is 0.852. The number of hydrogen-bond acceptors (Lipinski definition) is 6. The number of nitrogens with zero attached hydrogens (tertiary/aromatic N) is 4. The third-order valence-electron chi connectivity index (χ3n) is 4.47. The average Bonchev–Trinajstić information content (AvgIpc) is 2.86. The Morgan fingerprint density at radius 1 is 0.800 bits per heavy atom. The lowest BCUT2D eigenvalue weighted by Crippen LogP contribution is -2.31. The summed E-state index contributed by atoms with van der Waals surface area (Å²) in [5.41, 5.74) is 2.15. The highest BCUT2D eigenvalue weighted by molar-refractivity contribution is 5.56. The minimum absolute atomic E-state index is 0.817. The zero-order valence-corrected chi connectivity index (χ0v) is 15.5. The van der Waals surface area contributed by atoms with Crippen LogP contribution >= 0.6 is 0 Å². The Labute approximate surface area is 149 Å². The summed E-state index contributed by atoms with van der Waals surface area (Å²) in [6.45, 7) is 7.81. The van der Waals surface area contributed by atoms with Gasteiger partial charge in [0.25, 0.3) is 0 Å². The van der Waals surface area contributed by atoms with Gasteiger partial charge in [-0.3, -0.25) is 0 Å². The molecule has 0 amide bonds. The minimum Gasteiger partial charge on any atom is -0.497 e. The van der Waals surface area contributed by atoms with Crippen molar-refractivity contribution in [2.75, 3.05) is 50.2 Å². The molecule has 1 aromatic carbocycles. The zero-order chi connectivity index (χ0) is 17.8. The Morgan fingerprint density at radius 3 is 2.08 bits per heavy atom. The number of anilines is 2. The van der Waals surface area contributed by atoms with Crippen LogP contribution in [0.3, 0.4) is 0 Å². The van der Waals surface area contributed by atoms with Crippen molar-refractivity contribution in [1.29, 1.82) is 0 Å². The molecule has 2 aromatic rings. The molecule has 0 N–H and O–H groups in total. The summed E-state index contributed by atoms with van der Waals surface area (Å²) in [6, 6.07) is 8.10. The normalized spacial score (nSPS) is 15.0. The molecule has 0 aliphatic carbocycles. The van der Waals surface area contributed by atoms with Crippen LogP contribution in [-0.2, 0) is 0 Å². The number of ether oxygens (including phenoxy) is 2. The van der Waals surface area contributed by atoms with Gasteiger partial charge in [-0.05, 0) is 20.3 Å². The molecular weight excluding hydrogens is 316 g/mol. The fourth-order valence-electron chi connectivity index (χ4n) is 3.24. The first-order valence-electron chi connectivity index (χ1n) is 8.64. The predicted octanol–water partition coefficient (Wildman–Crippen LogP) is 2.83. The standard InChI is InChI=1S/C19H26N4O2/c1-14-10-19(21-15(2)20-14)23-7-5-6-22(8-9-23)16-11-17(24-3)13-18(12-16)25-4/h10-13H,5-9H2,1-4H3. The van der Waals surface area contributed by atoms with Crippen molar-refractivity contribution in [1.82, 2.24) is 9.97 Å². The van der Waals surface area contributed by atoms with Crippen LogP contribution in [-0.4, -0.2) is 50.4 Å². The second-order valence-electron chi connectivity index (χ2n) is 6.31. The monoisotopic (exact) mass is 342 g/mol. The summed E-state index contributed by atoms with van der Waals surface area (Å²) >= 11 is 0. The van der Waals surface area contributed by atoms with Crippen LogP contribution in [0.15, 0.2) is 24.3 Å². The van der Waals surface area contributed by atoms with Crippen LogP contribution in [0.25, 0.3) is 0 Å². The maximum absolute atomic E-state index is 5.40. The molecule has 1 fully saturated rings. The van der Waals surface area contributed by atoms with Gasteiger partial charge in [-0.1, -0.05) is 0 Å². The number of benzene rings is 1. The van der Waals surface area contributed by atoms with Gasteiger partial charge in [-0.25, -0.2) is 9.97 Å². The molecule has 0 spiro atoms. The van der Waals surface area contributed by atoms with Crippen molar-refractivity contribution in [3.63, 3.8) is 0 Å². The Balaban J connectivity index is 1.77. The summed E-state index contributed by atoms with van der Waals surface area (Å²) in [5, 5.41) is 0. The molecule has 134 valence electrons. The molecule has 0 unspecified atom stereocenters. The van der Waals surface area contributed by atoms with E-state index in [-0.39, 0.29) is 0 Å². The number of aromatic nitrogens is 2. The third-order valence-corrected chi connectivity index (χ3v) is 4.47. The smallest absolute Gasteiger partial charge is 0.132 e. The fourth-order valence-corrected chi connectivity index (χ4v) is 3.24. The van der Waals surface area contributed by atoms with Gasteiger partial charge in [-0.15, -0.1) is 0 Å². The average molecular weight is 342 g/mol. The third kappa shape index (κ3) is 4.13. The van der Waals surface area contributed by atoms with Gasteiger partial charge < -0.3 is 19.3 Å². The molecule has 6 nitrogen and oxygen atoms in total. The minimum atomic E-state index is 0.817. The van der Waals surface area contributed by atoms with Gasteiger partial charge in [0.2, 0.25) is 0 Å². The summed E-state index contributed by atoms with van der Waals surface area (Å²) in [7, 11) is 3.37. The molecule has 1 aliphatic heterocycles. The van der Waals surface area contributed by atoms with Crippen molar-refractivity contribution in [2.24, 2.45) is 0 Å². The van der Waals surface area contributed by atoms with E-state index in [9.17, 15) is 0 Å². The van der Waals surface area contributed by atoms with Crippen molar-refractivity contribution in [2.45, 2.75) is 20.3 Å². The van der Waals surface area contributed by atoms with E-state index < -0.39 is 0 Å². The van der Waals surface area contributed by atoms with E-state index in [1.165, 1.54) is 0 Å². The van der Waals surface area contributed by atoms with Crippen LogP contribution in [0.1, 0.15) is 17.9 Å². The van der Waals surface area contributed by atoms with E-state index in [4.69, 9.17) is 9.47 Å². The van der Waals surface area contributed by atoms with Gasteiger partial charge in [0, 0.05) is 61.8 Å². The lowest BCUT2D eigenvalue weighted by Gasteiger charge is -2.25. The Hall–Kier alpha value is -2.50. The largest absolute Gasteiger partial charge is 0.497 e. The second-order valence-corrected chi connectivity index (χ2v) is 6.31. The number of methoxy groups -OCH3 is 2. The van der Waals surface area contributed by atoms with E-state index in [1.54, 1.807) is 14.2 Å². The van der Waals surface area contributed by atoms with Gasteiger partial charge in [0.1, 0.15) is 23.1 Å². The molecule has 1 saturated heterocycles. The van der Waals surface area contributed by atoms with Gasteiger partial charge in [-0.2, -0.15) is 0 Å². The SMILES string of the molecule is COc1cc(OC)cc(N2CCCN(c3cc(C)nc(C)n3)CC2)c1. The van der Waals surface area contributed by atoms with E-state index in [2.05, 4.69) is 38.0 Å². The number of hydrogen-bond donors (Lipinski definition) is 0. The zero-order valence-electron chi connectivity index (χ0n) is 15.5. The lowest BCUT2D eigenvalue weighted by atomic mass is 10.2. The molecule has 0 radical (unpaired) electrons. The van der Waals surface area contributed by atoms with E-state index in [0.717, 1.165) is 67.1 Å². The van der Waals surface area contributed by atoms with E-state index in [0.29, 0.717) is 0 Å². The van der Waals surface area contributed by atoms with Gasteiger partial charge in [0.15, 0.2) is 0 Å². The molecule has 0 saturated carbocycles. The first kappa shape index (κ1) is 17.3. The summed E-state index contributed by atoms with van der Waals surface area (Å²) in [4.78, 5) is 13.7. The van der Waals surface area contributed by atoms with Gasteiger partial charge >= 0.3 is 0 Å². The highest BCUT2D eigenvalue weighted by atomic mass is 16.5. The molecular formula is C19H26N4O2. The predicted molar refractivity (Wildman–Crippen MR) is 100 cm³/mol. The van der Waals surface area contributed by atoms with Crippen LogP contribution in [0.5, 0.6) is 11.5 Å². The Bertz CT molecular complexity index is 693. The Morgan fingerprint density at radius 2 is 1.44 bits per heavy atom. The first-order valence-corrected chi connectivity index (χ1v) is 8.64. The van der Waals surface area contributed by atoms with E-state index >= 15 is 0 Å². The van der Waals surface area contributed by atoms with Crippen molar-refractivity contribution < 1.29 is 9.47 Å². The molecule has 1 aromatic heterocycles. The van der Waals surface area contributed by atoms with Crippen LogP contribution in [0.2, 0.25) is 0 Å². The summed E-state index contributed by atoms with van der Waals surface area (Å²) in [5.74, 6) is 3.48. The Kier molecular flexibility index (Phi) is 5.26. The van der Waals surface area contributed by atoms with Gasteiger partial charge in [0.05, 0.1) is 14.2 Å². The summed E-state index contributed by atoms with van der Waals surface area (Å²) < 4.78 is 10.8. The second kappa shape index (κ2) is 7.59. The highest BCUT2D eigenvalue weighted by Gasteiger charge is 2.18. The van der Waals surface area contributed by atoms with E-state index in [1.807, 2.05) is 19.9 Å². The van der Waals surface area contributed by atoms with Crippen LogP contribution in [0.4, 0.5) is 11.5 Å². The molecule has 0 atom stereocenters. The number of aryl methyl sites for hydroxylation is 2. The van der Waals surface area contributed by atoms with Crippen LogP contribution in [0, 0.1) is 13.8 Å². The topological polar surface area (TPSA) is 50.7 Å². The van der Waals surface area contributed by atoms with Crippen molar-refractivity contribution in [3.8, 4) is 11.5 Å². The molecule has 25 heavy (non-hydrogen) atoms. The maximum Gasteiger partial charge on any atom is 0.132 e. The molecule has 0 bridgehead atoms. The first-order chi connectivity index (χ1) is 12.1. The van der Waals surface area contributed by atoms with Crippen molar-refractivity contribution in [3.05, 3.63) is 35.8 Å². The molecule has 3 rings (SSSR count). The fraction of sp³-hybridized carbons (Fsp3) is 0.474. The molecule has 2 heterocycles. The lowest BCUT2D eigenvalue weighted by molar-refractivity contribution is 0.394. The summed E-state index contributed by atoms with van der Waals surface area (Å²) in [6.07, 6.45) is 1.07. The van der Waals surface area contributed by atoms with Crippen molar-refractivity contribution >= 4 is 11.5 Å². The molecule has 6 heteroatoms. The highest BCUT2D eigenvalue weighted by Crippen LogP contribution is 2.29. The maximum atomic E-state index is 5.40.